The molecule has 2 rings (SSSR count). The summed E-state index contributed by atoms with van der Waals surface area (Å²) in [6.07, 6.45) is 1.47. The maximum atomic E-state index is 11.9. The highest BCUT2D eigenvalue weighted by atomic mass is 35.5. The van der Waals surface area contributed by atoms with Crippen LogP contribution in [0.5, 0.6) is 0 Å². The zero-order valence-electron chi connectivity index (χ0n) is 10.3. The van der Waals surface area contributed by atoms with Crippen LogP contribution in [0, 0.1) is 0 Å². The van der Waals surface area contributed by atoms with Crippen molar-refractivity contribution in [2.45, 2.75) is 0 Å². The third-order valence-corrected chi connectivity index (χ3v) is 3.86. The molecule has 104 valence electrons. The van der Waals surface area contributed by atoms with Gasteiger partial charge in [0.25, 0.3) is 10.0 Å². The maximum Gasteiger partial charge on any atom is 0.255 e. The van der Waals surface area contributed by atoms with Gasteiger partial charge in [-0.2, -0.15) is 0 Å². The molecule has 0 saturated carbocycles. The molecule has 2 aromatic carbocycles. The van der Waals surface area contributed by atoms with Crippen molar-refractivity contribution in [2.24, 2.45) is 0 Å². The predicted octanol–water partition coefficient (Wildman–Crippen LogP) is 4.41. The molecule has 0 atom stereocenters. The van der Waals surface area contributed by atoms with Gasteiger partial charge in [0, 0.05) is 10.0 Å². The summed E-state index contributed by atoms with van der Waals surface area (Å²) in [6.45, 7) is 0. The first-order valence-electron chi connectivity index (χ1n) is 5.67. The predicted molar refractivity (Wildman–Crippen MR) is 84.5 cm³/mol. The molecule has 0 saturated heterocycles. The molecule has 0 spiro atoms. The van der Waals surface area contributed by atoms with E-state index in [2.05, 4.69) is 4.72 Å². The quantitative estimate of drug-likeness (QED) is 0.904. The van der Waals surface area contributed by atoms with Crippen LogP contribution in [0.4, 0.5) is 5.69 Å². The zero-order valence-corrected chi connectivity index (χ0v) is 12.6. The van der Waals surface area contributed by atoms with E-state index in [4.69, 9.17) is 23.2 Å². The molecule has 0 heterocycles. The van der Waals surface area contributed by atoms with Crippen molar-refractivity contribution in [1.29, 1.82) is 0 Å². The normalized spacial score (nSPS) is 11.7. The molecule has 20 heavy (non-hydrogen) atoms. The van der Waals surface area contributed by atoms with Crippen LogP contribution < -0.4 is 4.72 Å². The van der Waals surface area contributed by atoms with E-state index in [1.807, 2.05) is 0 Å². The number of benzene rings is 2. The van der Waals surface area contributed by atoms with Gasteiger partial charge in [0.1, 0.15) is 0 Å². The van der Waals surface area contributed by atoms with Gasteiger partial charge < -0.3 is 0 Å². The number of nitrogens with one attached hydrogen (secondary N) is 1. The molecule has 6 heteroatoms. The number of hydrogen-bond donors (Lipinski definition) is 1. The monoisotopic (exact) mass is 327 g/mol. The molecule has 0 unspecified atom stereocenters. The smallest absolute Gasteiger partial charge is 0.255 e. The average molecular weight is 328 g/mol. The topological polar surface area (TPSA) is 46.2 Å². The maximum absolute atomic E-state index is 11.9. The Kier molecular flexibility index (Phi) is 4.70. The number of halogens is 2. The van der Waals surface area contributed by atoms with Crippen LogP contribution in [0.2, 0.25) is 10.0 Å². The van der Waals surface area contributed by atoms with Crippen LogP contribution in [-0.4, -0.2) is 8.42 Å². The Morgan fingerprint density at radius 2 is 1.60 bits per heavy atom. The van der Waals surface area contributed by atoms with E-state index in [1.54, 1.807) is 42.5 Å². The highest BCUT2D eigenvalue weighted by Gasteiger charge is 2.05. The van der Waals surface area contributed by atoms with E-state index in [0.717, 1.165) is 5.41 Å². The van der Waals surface area contributed by atoms with E-state index in [1.165, 1.54) is 12.1 Å². The van der Waals surface area contributed by atoms with Crippen molar-refractivity contribution in [2.75, 3.05) is 4.72 Å². The van der Waals surface area contributed by atoms with Crippen LogP contribution in [-0.2, 0) is 10.0 Å². The van der Waals surface area contributed by atoms with Gasteiger partial charge in [-0.15, -0.1) is 0 Å². The minimum atomic E-state index is -3.59. The Bertz CT molecular complexity index is 742. The molecule has 0 aliphatic carbocycles. The summed E-state index contributed by atoms with van der Waals surface area (Å²) in [4.78, 5) is 0. The second kappa shape index (κ2) is 6.31. The van der Waals surface area contributed by atoms with Gasteiger partial charge in [0.05, 0.1) is 11.1 Å². The lowest BCUT2D eigenvalue weighted by Crippen LogP contribution is -2.08. The summed E-state index contributed by atoms with van der Waals surface area (Å²) >= 11 is 11.6. The molecular formula is C14H11Cl2NO2S. The minimum Gasteiger partial charge on any atom is -0.280 e. The van der Waals surface area contributed by atoms with Crippen molar-refractivity contribution in [3.63, 3.8) is 0 Å². The lowest BCUT2D eigenvalue weighted by molar-refractivity contribution is 0.609. The molecule has 0 aromatic heterocycles. The largest absolute Gasteiger partial charge is 0.280 e. The van der Waals surface area contributed by atoms with Gasteiger partial charge in [-0.25, -0.2) is 8.42 Å². The molecule has 3 nitrogen and oxygen atoms in total. The first-order valence-corrected chi connectivity index (χ1v) is 7.97. The van der Waals surface area contributed by atoms with E-state index in [-0.39, 0.29) is 0 Å². The van der Waals surface area contributed by atoms with Gasteiger partial charge in [0.2, 0.25) is 0 Å². The molecule has 0 radical (unpaired) electrons. The Morgan fingerprint density at radius 1 is 0.950 bits per heavy atom. The van der Waals surface area contributed by atoms with Crippen molar-refractivity contribution in [3.05, 3.63) is 69.5 Å². The molecule has 0 fully saturated rings. The summed E-state index contributed by atoms with van der Waals surface area (Å²) in [5, 5.41) is 2.09. The number of sulfonamides is 1. The summed E-state index contributed by atoms with van der Waals surface area (Å²) in [5.74, 6) is 0. The highest BCUT2D eigenvalue weighted by Crippen LogP contribution is 2.17. The highest BCUT2D eigenvalue weighted by molar-refractivity contribution is 7.95. The lowest BCUT2D eigenvalue weighted by atomic mass is 10.2. The average Bonchev–Trinajstić information content (AvgIpc) is 2.36. The Balaban J connectivity index is 2.15. The van der Waals surface area contributed by atoms with Gasteiger partial charge in [-0.3, -0.25) is 4.72 Å². The lowest BCUT2D eigenvalue weighted by Gasteiger charge is -2.04. The molecule has 0 aliphatic heterocycles. The zero-order chi connectivity index (χ0) is 14.6. The molecule has 0 amide bonds. The standard InChI is InChI=1S/C14H11Cl2NO2S/c15-12-4-1-3-11(9-12)7-8-20(18,19)17-14-6-2-5-13(16)10-14/h1-10,17H. The van der Waals surface area contributed by atoms with Crippen LogP contribution >= 0.6 is 23.2 Å². The SMILES string of the molecule is O=S(=O)(C=Cc1cccc(Cl)c1)Nc1cccc(Cl)c1. The Hall–Kier alpha value is -1.49. The van der Waals surface area contributed by atoms with Gasteiger partial charge in [-0.1, -0.05) is 41.4 Å². The van der Waals surface area contributed by atoms with Gasteiger partial charge >= 0.3 is 0 Å². The van der Waals surface area contributed by atoms with Crippen LogP contribution in [0.1, 0.15) is 5.56 Å². The van der Waals surface area contributed by atoms with Crippen LogP contribution in [0.15, 0.2) is 53.9 Å². The van der Waals surface area contributed by atoms with Crippen LogP contribution in [0.25, 0.3) is 6.08 Å². The minimum absolute atomic E-state index is 0.410. The van der Waals surface area contributed by atoms with Crippen molar-refractivity contribution in [1.82, 2.24) is 0 Å². The van der Waals surface area contributed by atoms with Crippen molar-refractivity contribution >= 4 is 45.0 Å². The number of anilines is 1. The van der Waals surface area contributed by atoms with Gasteiger partial charge in [-0.05, 0) is 42.0 Å². The van der Waals surface area contributed by atoms with E-state index in [0.29, 0.717) is 21.3 Å². The molecular weight excluding hydrogens is 317 g/mol. The third-order valence-electron chi connectivity index (χ3n) is 2.37. The first kappa shape index (κ1) is 14.9. The van der Waals surface area contributed by atoms with E-state index < -0.39 is 10.0 Å². The molecule has 1 N–H and O–H groups in total. The Labute approximate surface area is 127 Å². The summed E-state index contributed by atoms with van der Waals surface area (Å²) in [6, 6.07) is 13.4. The summed E-state index contributed by atoms with van der Waals surface area (Å²) < 4.78 is 26.2. The van der Waals surface area contributed by atoms with Crippen LogP contribution in [0.3, 0.4) is 0 Å². The number of hydrogen-bond acceptors (Lipinski definition) is 2. The third kappa shape index (κ3) is 4.56. The fourth-order valence-corrected chi connectivity index (χ4v) is 2.78. The van der Waals surface area contributed by atoms with E-state index in [9.17, 15) is 8.42 Å². The number of rotatable bonds is 4. The Morgan fingerprint density at radius 3 is 2.25 bits per heavy atom. The fourth-order valence-electron chi connectivity index (χ4n) is 1.53. The van der Waals surface area contributed by atoms with Gasteiger partial charge in [0.15, 0.2) is 0 Å². The van der Waals surface area contributed by atoms with E-state index >= 15 is 0 Å². The summed E-state index contributed by atoms with van der Waals surface area (Å²) in [5.41, 5.74) is 1.11. The molecule has 2 aromatic rings. The molecule has 0 aliphatic rings. The second-order valence-corrected chi connectivity index (χ2v) is 6.45. The molecule has 0 bridgehead atoms. The second-order valence-electron chi connectivity index (χ2n) is 4.02. The van der Waals surface area contributed by atoms with Crippen molar-refractivity contribution < 1.29 is 8.42 Å². The summed E-state index contributed by atoms with van der Waals surface area (Å²) in [7, 11) is -3.59. The van der Waals surface area contributed by atoms with Crippen molar-refractivity contribution in [3.8, 4) is 0 Å². The fraction of sp³-hybridized carbons (Fsp3) is 0. The first-order chi connectivity index (χ1) is 9.44.